The van der Waals surface area contributed by atoms with Crippen molar-refractivity contribution in [1.82, 2.24) is 10.6 Å². The molecule has 1 saturated heterocycles. The van der Waals surface area contributed by atoms with E-state index < -0.39 is 0 Å². The third-order valence-corrected chi connectivity index (χ3v) is 4.25. The minimum atomic E-state index is 0.156. The van der Waals surface area contributed by atoms with Gasteiger partial charge < -0.3 is 10.6 Å². The summed E-state index contributed by atoms with van der Waals surface area (Å²) in [5.41, 5.74) is 1.21. The van der Waals surface area contributed by atoms with Crippen molar-refractivity contribution in [3.63, 3.8) is 0 Å². The number of hydrogen-bond donors (Lipinski definition) is 2. The third kappa shape index (κ3) is 5.50. The highest BCUT2D eigenvalue weighted by atomic mass is 16.1. The summed E-state index contributed by atoms with van der Waals surface area (Å²) in [6.45, 7) is 3.27. The molecule has 2 N–H and O–H groups in total. The fourth-order valence-electron chi connectivity index (χ4n) is 3.04. The zero-order valence-corrected chi connectivity index (χ0v) is 13.1. The molecule has 0 radical (unpaired) electrons. The van der Waals surface area contributed by atoms with Gasteiger partial charge in [-0.1, -0.05) is 50.1 Å². The molecule has 1 amide bonds. The Kier molecular flexibility index (Phi) is 6.74. The zero-order chi connectivity index (χ0) is 14.9. The summed E-state index contributed by atoms with van der Waals surface area (Å²) < 4.78 is 0. The normalized spacial score (nSPS) is 20.0. The Balaban J connectivity index is 1.80. The summed E-state index contributed by atoms with van der Waals surface area (Å²) in [5.74, 6) is 0.185. The highest BCUT2D eigenvalue weighted by Gasteiger charge is 2.16. The molecule has 116 valence electrons. The van der Waals surface area contributed by atoms with E-state index in [4.69, 9.17) is 0 Å². The molecule has 3 heteroatoms. The van der Waals surface area contributed by atoms with Crippen LogP contribution in [0.4, 0.5) is 0 Å². The summed E-state index contributed by atoms with van der Waals surface area (Å²) >= 11 is 0. The molecule has 2 unspecified atom stereocenters. The van der Waals surface area contributed by atoms with Gasteiger partial charge in [-0.15, -0.1) is 0 Å². The first kappa shape index (κ1) is 16.0. The van der Waals surface area contributed by atoms with Gasteiger partial charge in [0.05, 0.1) is 6.04 Å². The Morgan fingerprint density at radius 1 is 1.33 bits per heavy atom. The largest absolute Gasteiger partial charge is 0.349 e. The van der Waals surface area contributed by atoms with Gasteiger partial charge in [-0.2, -0.15) is 0 Å². The minimum absolute atomic E-state index is 0.156. The van der Waals surface area contributed by atoms with Crippen LogP contribution in [-0.4, -0.2) is 18.5 Å². The van der Waals surface area contributed by atoms with Crippen LogP contribution in [-0.2, 0) is 4.79 Å². The van der Waals surface area contributed by atoms with Crippen LogP contribution in [0.5, 0.6) is 0 Å². The monoisotopic (exact) mass is 288 g/mol. The second kappa shape index (κ2) is 8.83. The molecular formula is C18H28N2O. The molecule has 1 aliphatic rings. The predicted molar refractivity (Wildman–Crippen MR) is 87.1 cm³/mol. The number of hydrogen-bond acceptors (Lipinski definition) is 2. The van der Waals surface area contributed by atoms with Gasteiger partial charge in [0.15, 0.2) is 0 Å². The summed E-state index contributed by atoms with van der Waals surface area (Å²) in [4.78, 5) is 12.2. The van der Waals surface area contributed by atoms with Crippen molar-refractivity contribution in [1.29, 1.82) is 0 Å². The number of nitrogens with one attached hydrogen (secondary N) is 2. The fraction of sp³-hybridized carbons (Fsp3) is 0.611. The van der Waals surface area contributed by atoms with Gasteiger partial charge in [0.2, 0.25) is 5.91 Å². The average Bonchev–Trinajstić information content (AvgIpc) is 2.54. The zero-order valence-electron chi connectivity index (χ0n) is 13.1. The van der Waals surface area contributed by atoms with Crippen molar-refractivity contribution in [2.75, 3.05) is 6.54 Å². The maximum Gasteiger partial charge on any atom is 0.220 e. The van der Waals surface area contributed by atoms with Crippen molar-refractivity contribution >= 4 is 5.91 Å². The van der Waals surface area contributed by atoms with Gasteiger partial charge in [0.25, 0.3) is 0 Å². The molecule has 0 spiro atoms. The summed E-state index contributed by atoms with van der Waals surface area (Å²) in [7, 11) is 0. The Morgan fingerprint density at radius 3 is 2.81 bits per heavy atom. The van der Waals surface area contributed by atoms with Crippen molar-refractivity contribution in [3.05, 3.63) is 35.9 Å². The van der Waals surface area contributed by atoms with Crippen LogP contribution in [0.1, 0.15) is 63.5 Å². The molecule has 3 nitrogen and oxygen atoms in total. The maximum absolute atomic E-state index is 12.2. The third-order valence-electron chi connectivity index (χ3n) is 4.25. The number of piperidine rings is 1. The summed E-state index contributed by atoms with van der Waals surface area (Å²) in [5, 5.41) is 6.71. The Labute approximate surface area is 128 Å². The Bertz CT molecular complexity index is 412. The van der Waals surface area contributed by atoms with Crippen molar-refractivity contribution in [2.45, 2.75) is 64.0 Å². The van der Waals surface area contributed by atoms with Crippen LogP contribution in [0.15, 0.2) is 30.3 Å². The molecular weight excluding hydrogens is 260 g/mol. The lowest BCUT2D eigenvalue weighted by atomic mass is 9.99. The van der Waals surface area contributed by atoms with E-state index in [1.165, 1.54) is 24.8 Å². The van der Waals surface area contributed by atoms with Crippen LogP contribution in [0, 0.1) is 0 Å². The molecule has 1 aromatic rings. The Morgan fingerprint density at radius 2 is 2.14 bits per heavy atom. The standard InChI is InChI=1S/C18H28N2O/c1-2-8-17(15-9-4-3-5-10-15)20-18(21)13-12-16-11-6-7-14-19-16/h3-5,9-10,16-17,19H,2,6-8,11-14H2,1H3,(H,20,21). The first-order chi connectivity index (χ1) is 10.3. The molecule has 2 atom stereocenters. The molecule has 1 aliphatic heterocycles. The molecule has 0 aliphatic carbocycles. The van der Waals surface area contributed by atoms with Crippen molar-refractivity contribution in [2.24, 2.45) is 0 Å². The van der Waals surface area contributed by atoms with Gasteiger partial charge in [-0.05, 0) is 37.8 Å². The molecule has 2 rings (SSSR count). The molecule has 1 fully saturated rings. The number of carbonyl (C=O) groups excluding carboxylic acids is 1. The minimum Gasteiger partial charge on any atom is -0.349 e. The van der Waals surface area contributed by atoms with Crippen LogP contribution in [0.25, 0.3) is 0 Å². The van der Waals surface area contributed by atoms with Gasteiger partial charge in [-0.25, -0.2) is 0 Å². The lowest BCUT2D eigenvalue weighted by Crippen LogP contribution is -2.36. The van der Waals surface area contributed by atoms with Crippen molar-refractivity contribution in [3.8, 4) is 0 Å². The van der Waals surface area contributed by atoms with E-state index in [-0.39, 0.29) is 11.9 Å². The van der Waals surface area contributed by atoms with E-state index in [0.717, 1.165) is 25.8 Å². The first-order valence-electron chi connectivity index (χ1n) is 8.37. The second-order valence-corrected chi connectivity index (χ2v) is 6.00. The second-order valence-electron chi connectivity index (χ2n) is 6.00. The topological polar surface area (TPSA) is 41.1 Å². The van der Waals surface area contributed by atoms with E-state index >= 15 is 0 Å². The predicted octanol–water partition coefficient (Wildman–Crippen LogP) is 3.57. The lowest BCUT2D eigenvalue weighted by molar-refractivity contribution is -0.122. The lowest BCUT2D eigenvalue weighted by Gasteiger charge is -2.24. The molecule has 21 heavy (non-hydrogen) atoms. The number of carbonyl (C=O) groups is 1. The average molecular weight is 288 g/mol. The van der Waals surface area contributed by atoms with Gasteiger partial charge in [-0.3, -0.25) is 4.79 Å². The summed E-state index contributed by atoms with van der Waals surface area (Å²) in [6, 6.07) is 11.0. The van der Waals surface area contributed by atoms with E-state index in [0.29, 0.717) is 12.5 Å². The highest BCUT2D eigenvalue weighted by Crippen LogP contribution is 2.19. The molecule has 0 bridgehead atoms. The van der Waals surface area contributed by atoms with Crippen LogP contribution in [0.2, 0.25) is 0 Å². The van der Waals surface area contributed by atoms with E-state index in [2.05, 4.69) is 29.7 Å². The van der Waals surface area contributed by atoms with Crippen molar-refractivity contribution < 1.29 is 4.79 Å². The molecule has 1 aromatic carbocycles. The van der Waals surface area contributed by atoms with Crippen LogP contribution in [0.3, 0.4) is 0 Å². The van der Waals surface area contributed by atoms with Crippen LogP contribution >= 0.6 is 0 Å². The highest BCUT2D eigenvalue weighted by molar-refractivity contribution is 5.76. The van der Waals surface area contributed by atoms with E-state index in [1.54, 1.807) is 0 Å². The number of amides is 1. The van der Waals surface area contributed by atoms with E-state index in [9.17, 15) is 4.79 Å². The number of rotatable bonds is 7. The molecule has 1 heterocycles. The van der Waals surface area contributed by atoms with Gasteiger partial charge >= 0.3 is 0 Å². The SMILES string of the molecule is CCCC(NC(=O)CCC1CCCCN1)c1ccccc1. The Hall–Kier alpha value is -1.35. The fourth-order valence-corrected chi connectivity index (χ4v) is 3.04. The first-order valence-corrected chi connectivity index (χ1v) is 8.37. The van der Waals surface area contributed by atoms with E-state index in [1.807, 2.05) is 18.2 Å². The number of benzene rings is 1. The molecule has 0 aromatic heterocycles. The molecule has 0 saturated carbocycles. The maximum atomic E-state index is 12.2. The summed E-state index contributed by atoms with van der Waals surface area (Å²) in [6.07, 6.45) is 7.44. The van der Waals surface area contributed by atoms with Crippen LogP contribution < -0.4 is 10.6 Å². The van der Waals surface area contributed by atoms with Gasteiger partial charge in [0.1, 0.15) is 0 Å². The van der Waals surface area contributed by atoms with Gasteiger partial charge in [0, 0.05) is 12.5 Å². The quantitative estimate of drug-likeness (QED) is 0.805. The smallest absolute Gasteiger partial charge is 0.220 e.